The number of nitrogens with zero attached hydrogens (tertiary/aromatic N) is 4. The highest BCUT2D eigenvalue weighted by Crippen LogP contribution is 2.45. The smallest absolute Gasteiger partial charge is 0.333 e. The zero-order valence-electron chi connectivity index (χ0n) is 17.9. The number of carbonyl (C=O) groups excluding carboxylic acids is 1. The predicted molar refractivity (Wildman–Crippen MR) is 116 cm³/mol. The number of halogens is 3. The largest absolute Gasteiger partial charge is 0.417 e. The number of aryl methyl sites for hydroxylation is 2. The van der Waals surface area contributed by atoms with Crippen molar-refractivity contribution < 1.29 is 18.0 Å². The summed E-state index contributed by atoms with van der Waals surface area (Å²) in [5.41, 5.74) is 0.203. The zero-order valence-corrected chi connectivity index (χ0v) is 18.7. The Labute approximate surface area is 183 Å². The Morgan fingerprint density at radius 3 is 2.58 bits per heavy atom. The fourth-order valence-electron chi connectivity index (χ4n) is 3.72. The highest BCUT2D eigenvalue weighted by molar-refractivity contribution is 8.01. The summed E-state index contributed by atoms with van der Waals surface area (Å²) in [5.74, 6) is -0.140. The molecule has 1 amide bonds. The molecule has 0 radical (unpaired) electrons. The number of pyridine rings is 1. The van der Waals surface area contributed by atoms with Crippen molar-refractivity contribution in [3.05, 3.63) is 52.7 Å². The molecule has 2 aromatic rings. The van der Waals surface area contributed by atoms with Crippen molar-refractivity contribution in [2.24, 2.45) is 0 Å². The quantitative estimate of drug-likeness (QED) is 0.668. The summed E-state index contributed by atoms with van der Waals surface area (Å²) >= 11 is 1.44. The Morgan fingerprint density at radius 2 is 2.00 bits per heavy atom. The minimum atomic E-state index is -4.70. The number of hydrogen-bond acceptors (Lipinski definition) is 5. The Kier molecular flexibility index (Phi) is 5.98. The van der Waals surface area contributed by atoms with E-state index in [4.69, 9.17) is 0 Å². The highest BCUT2D eigenvalue weighted by Gasteiger charge is 2.49. The van der Waals surface area contributed by atoms with Crippen LogP contribution < -0.4 is 9.80 Å². The van der Waals surface area contributed by atoms with Crippen LogP contribution in [0.1, 0.15) is 36.2 Å². The lowest BCUT2D eigenvalue weighted by Crippen LogP contribution is -2.52. The minimum Gasteiger partial charge on any atom is -0.333 e. The van der Waals surface area contributed by atoms with Crippen molar-refractivity contribution in [1.29, 1.82) is 5.26 Å². The Morgan fingerprint density at radius 1 is 1.32 bits per heavy atom. The number of hydrogen-bond donors (Lipinski definition) is 0. The van der Waals surface area contributed by atoms with Crippen LogP contribution in [0, 0.1) is 25.2 Å². The van der Waals surface area contributed by atoms with Crippen LogP contribution in [0.5, 0.6) is 0 Å². The van der Waals surface area contributed by atoms with Crippen LogP contribution >= 0.6 is 11.8 Å². The van der Waals surface area contributed by atoms with Gasteiger partial charge in [-0.3, -0.25) is 4.79 Å². The number of aromatic nitrogens is 1. The number of amides is 1. The fraction of sp³-hybridized carbons (Fsp3) is 0.409. The van der Waals surface area contributed by atoms with Crippen LogP contribution in [-0.4, -0.2) is 34.6 Å². The topological polar surface area (TPSA) is 60.2 Å². The van der Waals surface area contributed by atoms with E-state index in [-0.39, 0.29) is 23.3 Å². The van der Waals surface area contributed by atoms with Crippen molar-refractivity contribution in [2.75, 3.05) is 22.7 Å². The number of benzene rings is 1. The summed E-state index contributed by atoms with van der Waals surface area (Å²) in [4.78, 5) is 20.9. The molecule has 31 heavy (non-hydrogen) atoms. The van der Waals surface area contributed by atoms with Crippen LogP contribution in [0.25, 0.3) is 0 Å². The van der Waals surface area contributed by atoms with Gasteiger partial charge in [0.1, 0.15) is 23.5 Å². The summed E-state index contributed by atoms with van der Waals surface area (Å²) in [6, 6.07) is 9.16. The van der Waals surface area contributed by atoms with Gasteiger partial charge in [0.2, 0.25) is 0 Å². The van der Waals surface area contributed by atoms with E-state index in [0.717, 1.165) is 11.6 Å². The molecule has 1 aliphatic heterocycles. The first-order valence-electron chi connectivity index (χ1n) is 9.60. The molecule has 0 N–H and O–H groups in total. The van der Waals surface area contributed by atoms with E-state index in [1.807, 2.05) is 39.0 Å². The molecule has 1 atom stereocenters. The van der Waals surface area contributed by atoms with Gasteiger partial charge in [-0.2, -0.15) is 18.4 Å². The summed E-state index contributed by atoms with van der Waals surface area (Å²) in [6.45, 7) is 7.11. The van der Waals surface area contributed by atoms with Crippen molar-refractivity contribution in [1.82, 2.24) is 4.98 Å². The third kappa shape index (κ3) is 4.35. The summed E-state index contributed by atoms with van der Waals surface area (Å²) in [5, 5.41) is 9.57. The van der Waals surface area contributed by atoms with Gasteiger partial charge in [0, 0.05) is 23.2 Å². The molecule has 1 saturated heterocycles. The van der Waals surface area contributed by atoms with Gasteiger partial charge in [0.15, 0.2) is 0 Å². The van der Waals surface area contributed by atoms with Gasteiger partial charge in [-0.25, -0.2) is 4.98 Å². The molecular weight excluding hydrogens is 425 g/mol. The maximum absolute atomic E-state index is 13.6. The lowest BCUT2D eigenvalue weighted by atomic mass is 9.98. The average Bonchev–Trinajstić information content (AvgIpc) is 3.00. The van der Waals surface area contributed by atoms with Gasteiger partial charge >= 0.3 is 6.18 Å². The van der Waals surface area contributed by atoms with E-state index >= 15 is 0 Å². The summed E-state index contributed by atoms with van der Waals surface area (Å²) in [6.07, 6.45) is -4.70. The average molecular weight is 449 g/mol. The molecule has 0 aliphatic carbocycles. The minimum absolute atomic E-state index is 0.108. The molecule has 0 spiro atoms. The number of carbonyl (C=O) groups is 1. The first-order chi connectivity index (χ1) is 14.4. The molecule has 1 aromatic heterocycles. The van der Waals surface area contributed by atoms with E-state index in [9.17, 15) is 23.2 Å². The second kappa shape index (κ2) is 8.08. The van der Waals surface area contributed by atoms with Crippen molar-refractivity contribution >= 4 is 29.2 Å². The molecule has 9 heteroatoms. The molecule has 1 aliphatic rings. The molecule has 2 heterocycles. The Hall–Kier alpha value is -2.73. The summed E-state index contributed by atoms with van der Waals surface area (Å²) < 4.78 is 40.2. The maximum atomic E-state index is 13.6. The van der Waals surface area contributed by atoms with E-state index in [0.29, 0.717) is 5.69 Å². The van der Waals surface area contributed by atoms with Gasteiger partial charge in [-0.05, 0) is 51.5 Å². The number of rotatable bonds is 3. The molecule has 1 fully saturated rings. The molecule has 0 saturated carbocycles. The Bertz CT molecular complexity index is 1060. The lowest BCUT2D eigenvalue weighted by molar-refractivity contribution is -0.137. The van der Waals surface area contributed by atoms with E-state index in [1.165, 1.54) is 28.5 Å². The SMILES string of the molecule is Cc1cccc(N(C)C(=O)[C@H]2N(c3nc(C)cc(C(F)(F)F)c3C#N)CSC2(C)C)c1. The van der Waals surface area contributed by atoms with Gasteiger partial charge in [0.25, 0.3) is 5.91 Å². The van der Waals surface area contributed by atoms with Gasteiger partial charge < -0.3 is 9.80 Å². The third-order valence-electron chi connectivity index (χ3n) is 5.32. The van der Waals surface area contributed by atoms with Crippen LogP contribution in [0.2, 0.25) is 0 Å². The molecular formula is C22H23F3N4OS. The standard InChI is InChI=1S/C22H23F3N4OS/c1-13-7-6-8-15(9-13)28(5)20(30)18-21(3,4)31-12-29(18)19-16(11-26)17(22(23,24)25)10-14(2)27-19/h6-10,18H,12H2,1-5H3/t18-/m1/s1. The van der Waals surface area contributed by atoms with Crippen LogP contribution in [0.4, 0.5) is 24.7 Å². The molecule has 0 unspecified atom stereocenters. The molecule has 3 rings (SSSR count). The number of anilines is 2. The van der Waals surface area contributed by atoms with E-state index in [1.54, 1.807) is 19.2 Å². The second-order valence-electron chi connectivity index (χ2n) is 8.10. The predicted octanol–water partition coefficient (Wildman–Crippen LogP) is 4.91. The number of alkyl halides is 3. The van der Waals surface area contributed by atoms with Crippen molar-refractivity contribution in [2.45, 2.75) is 44.7 Å². The first-order valence-corrected chi connectivity index (χ1v) is 10.6. The van der Waals surface area contributed by atoms with Gasteiger partial charge in [-0.15, -0.1) is 11.8 Å². The number of likely N-dealkylation sites (N-methyl/N-ethyl adjacent to an activating group) is 1. The lowest BCUT2D eigenvalue weighted by Gasteiger charge is -2.34. The van der Waals surface area contributed by atoms with Crippen LogP contribution in [0.3, 0.4) is 0 Å². The third-order valence-corrected chi connectivity index (χ3v) is 6.69. The van der Waals surface area contributed by atoms with E-state index in [2.05, 4.69) is 4.98 Å². The van der Waals surface area contributed by atoms with Crippen LogP contribution in [-0.2, 0) is 11.0 Å². The second-order valence-corrected chi connectivity index (χ2v) is 9.70. The Balaban J connectivity index is 2.11. The zero-order chi connectivity index (χ0) is 23.1. The normalized spacial score (nSPS) is 18.0. The maximum Gasteiger partial charge on any atom is 0.417 e. The van der Waals surface area contributed by atoms with E-state index < -0.39 is 28.1 Å². The highest BCUT2D eigenvalue weighted by atomic mass is 32.2. The molecule has 1 aromatic carbocycles. The summed E-state index contributed by atoms with van der Waals surface area (Å²) in [7, 11) is 1.64. The number of nitriles is 1. The van der Waals surface area contributed by atoms with Gasteiger partial charge in [-0.1, -0.05) is 12.1 Å². The van der Waals surface area contributed by atoms with Crippen LogP contribution in [0.15, 0.2) is 30.3 Å². The molecule has 5 nitrogen and oxygen atoms in total. The monoisotopic (exact) mass is 448 g/mol. The van der Waals surface area contributed by atoms with Crippen molar-refractivity contribution in [3.63, 3.8) is 0 Å². The van der Waals surface area contributed by atoms with Gasteiger partial charge in [0.05, 0.1) is 11.4 Å². The fourth-order valence-corrected chi connectivity index (χ4v) is 4.85. The molecule has 0 bridgehead atoms. The first kappa shape index (κ1) is 22.9. The number of thioether (sulfide) groups is 1. The molecule has 164 valence electrons. The van der Waals surface area contributed by atoms with Crippen molar-refractivity contribution in [3.8, 4) is 6.07 Å².